The Morgan fingerprint density at radius 2 is 1.81 bits per heavy atom. The van der Waals surface area contributed by atoms with Gasteiger partial charge in [0.2, 0.25) is 0 Å². The van der Waals surface area contributed by atoms with Gasteiger partial charge in [-0.25, -0.2) is 0 Å². The van der Waals surface area contributed by atoms with Crippen molar-refractivity contribution in [3.8, 4) is 5.75 Å². The normalized spacial score (nSPS) is 10.4. The molecule has 0 unspecified atom stereocenters. The van der Waals surface area contributed by atoms with Gasteiger partial charge in [0.1, 0.15) is 5.75 Å². The monoisotopic (exact) mass is 296 g/mol. The van der Waals surface area contributed by atoms with Crippen LogP contribution in [0.15, 0.2) is 18.2 Å². The van der Waals surface area contributed by atoms with Crippen molar-refractivity contribution in [3.63, 3.8) is 0 Å². The van der Waals surface area contributed by atoms with Crippen molar-refractivity contribution in [2.75, 3.05) is 53.4 Å². The molecular formula is C15H24N2O4. The topological polar surface area (TPSA) is 74.0 Å². The van der Waals surface area contributed by atoms with Crippen molar-refractivity contribution >= 4 is 11.6 Å². The quantitative estimate of drug-likeness (QED) is 0.551. The maximum atomic E-state index is 12.6. The lowest BCUT2D eigenvalue weighted by Gasteiger charge is -2.22. The molecule has 0 fully saturated rings. The molecule has 0 heterocycles. The van der Waals surface area contributed by atoms with Gasteiger partial charge in [0.05, 0.1) is 13.7 Å². The van der Waals surface area contributed by atoms with Crippen molar-refractivity contribution in [3.05, 3.63) is 23.8 Å². The van der Waals surface area contributed by atoms with E-state index in [4.69, 9.17) is 19.9 Å². The second-order valence-corrected chi connectivity index (χ2v) is 4.63. The molecule has 0 aliphatic carbocycles. The lowest BCUT2D eigenvalue weighted by Crippen LogP contribution is -2.35. The first-order valence-corrected chi connectivity index (χ1v) is 6.84. The summed E-state index contributed by atoms with van der Waals surface area (Å²) in [5.74, 6) is 0.482. The summed E-state index contributed by atoms with van der Waals surface area (Å²) >= 11 is 0. The molecular weight excluding hydrogens is 272 g/mol. The number of benzene rings is 1. The number of anilines is 1. The smallest absolute Gasteiger partial charge is 0.254 e. The highest BCUT2D eigenvalue weighted by Gasteiger charge is 2.16. The van der Waals surface area contributed by atoms with Gasteiger partial charge < -0.3 is 24.8 Å². The van der Waals surface area contributed by atoms with Crippen LogP contribution in [0.3, 0.4) is 0 Å². The lowest BCUT2D eigenvalue weighted by atomic mass is 10.1. The van der Waals surface area contributed by atoms with Gasteiger partial charge in [-0.05, 0) is 18.6 Å². The third-order valence-electron chi connectivity index (χ3n) is 3.04. The number of hydrogen-bond acceptors (Lipinski definition) is 5. The van der Waals surface area contributed by atoms with E-state index >= 15 is 0 Å². The highest BCUT2D eigenvalue weighted by molar-refractivity contribution is 5.95. The van der Waals surface area contributed by atoms with Crippen molar-refractivity contribution in [2.24, 2.45) is 0 Å². The Hall–Kier alpha value is -1.79. The number of hydrogen-bond donors (Lipinski definition) is 1. The number of carbonyl (C=O) groups excluding carboxylic acids is 1. The molecule has 0 bridgehead atoms. The molecule has 6 nitrogen and oxygen atoms in total. The molecule has 6 heteroatoms. The minimum Gasteiger partial charge on any atom is -0.497 e. The van der Waals surface area contributed by atoms with Crippen LogP contribution in [0.2, 0.25) is 0 Å². The number of methoxy groups -OCH3 is 3. The second-order valence-electron chi connectivity index (χ2n) is 4.63. The Balaban J connectivity index is 2.84. The van der Waals surface area contributed by atoms with Crippen LogP contribution in [-0.4, -0.2) is 58.4 Å². The molecule has 0 radical (unpaired) electrons. The fourth-order valence-corrected chi connectivity index (χ4v) is 1.96. The van der Waals surface area contributed by atoms with Crippen LogP contribution in [0.1, 0.15) is 16.8 Å². The van der Waals surface area contributed by atoms with E-state index in [0.717, 1.165) is 6.42 Å². The first kappa shape index (κ1) is 17.3. The molecule has 1 amide bonds. The molecule has 0 atom stereocenters. The van der Waals surface area contributed by atoms with E-state index in [1.54, 1.807) is 44.4 Å². The van der Waals surface area contributed by atoms with E-state index < -0.39 is 0 Å². The average Bonchev–Trinajstić information content (AvgIpc) is 2.49. The Bertz CT molecular complexity index is 451. The second kappa shape index (κ2) is 9.20. The van der Waals surface area contributed by atoms with E-state index in [1.165, 1.54) is 0 Å². The summed E-state index contributed by atoms with van der Waals surface area (Å²) in [5.41, 5.74) is 6.81. The number of amides is 1. The molecule has 0 saturated carbocycles. The summed E-state index contributed by atoms with van der Waals surface area (Å²) < 4.78 is 15.2. The van der Waals surface area contributed by atoms with Gasteiger partial charge >= 0.3 is 0 Å². The molecule has 0 aromatic heterocycles. The highest BCUT2D eigenvalue weighted by atomic mass is 16.5. The van der Waals surface area contributed by atoms with Gasteiger partial charge in [-0.3, -0.25) is 4.79 Å². The zero-order valence-electron chi connectivity index (χ0n) is 12.9. The van der Waals surface area contributed by atoms with Crippen molar-refractivity contribution in [1.29, 1.82) is 0 Å². The van der Waals surface area contributed by atoms with Gasteiger partial charge in [0.25, 0.3) is 5.91 Å². The van der Waals surface area contributed by atoms with Crippen LogP contribution < -0.4 is 10.5 Å². The fourth-order valence-electron chi connectivity index (χ4n) is 1.96. The Labute approximate surface area is 125 Å². The van der Waals surface area contributed by atoms with Crippen molar-refractivity contribution in [2.45, 2.75) is 6.42 Å². The number of nitrogens with zero attached hydrogens (tertiary/aromatic N) is 1. The van der Waals surface area contributed by atoms with Gasteiger partial charge in [0.15, 0.2) is 0 Å². The van der Waals surface area contributed by atoms with Gasteiger partial charge in [0, 0.05) is 51.2 Å². The molecule has 0 saturated heterocycles. The van der Waals surface area contributed by atoms with Gasteiger partial charge in [-0.15, -0.1) is 0 Å². The minimum atomic E-state index is -0.0891. The molecule has 0 spiro atoms. The standard InChI is InChI=1S/C15H24N2O4/c1-19-7-4-5-17(6-8-20-2)15(18)12-9-13(16)11-14(10-12)21-3/h9-11H,4-8,16H2,1-3H3. The largest absolute Gasteiger partial charge is 0.497 e. The van der Waals surface area contributed by atoms with Crippen LogP contribution in [0.25, 0.3) is 0 Å². The summed E-state index contributed by atoms with van der Waals surface area (Å²) in [6, 6.07) is 5.02. The first-order valence-electron chi connectivity index (χ1n) is 6.84. The third-order valence-corrected chi connectivity index (χ3v) is 3.04. The predicted molar refractivity (Wildman–Crippen MR) is 81.7 cm³/mol. The van der Waals surface area contributed by atoms with Crippen LogP contribution in [0.4, 0.5) is 5.69 Å². The number of ether oxygens (including phenoxy) is 3. The highest BCUT2D eigenvalue weighted by Crippen LogP contribution is 2.19. The maximum absolute atomic E-state index is 12.6. The van der Waals surface area contributed by atoms with E-state index in [9.17, 15) is 4.79 Å². The molecule has 118 valence electrons. The van der Waals surface area contributed by atoms with Crippen LogP contribution >= 0.6 is 0 Å². The predicted octanol–water partition coefficient (Wildman–Crippen LogP) is 1.40. The van der Waals surface area contributed by atoms with E-state index in [-0.39, 0.29) is 5.91 Å². The Kier molecular flexibility index (Phi) is 7.56. The van der Waals surface area contributed by atoms with Gasteiger partial charge in [-0.1, -0.05) is 0 Å². The Morgan fingerprint density at radius 3 is 2.43 bits per heavy atom. The van der Waals surface area contributed by atoms with Crippen molar-refractivity contribution in [1.82, 2.24) is 4.90 Å². The van der Waals surface area contributed by atoms with Crippen LogP contribution in [0, 0.1) is 0 Å². The number of nitrogen functional groups attached to an aromatic ring is 1. The number of nitrogens with two attached hydrogens (primary N) is 1. The molecule has 1 aromatic carbocycles. The third kappa shape index (κ3) is 5.61. The van der Waals surface area contributed by atoms with Crippen LogP contribution in [0.5, 0.6) is 5.75 Å². The fraction of sp³-hybridized carbons (Fsp3) is 0.533. The SMILES string of the molecule is COCCCN(CCOC)C(=O)c1cc(N)cc(OC)c1. The van der Waals surface area contributed by atoms with Crippen molar-refractivity contribution < 1.29 is 19.0 Å². The summed E-state index contributed by atoms with van der Waals surface area (Å²) in [5, 5.41) is 0. The summed E-state index contributed by atoms with van der Waals surface area (Å²) in [4.78, 5) is 14.3. The average molecular weight is 296 g/mol. The first-order chi connectivity index (χ1) is 10.1. The summed E-state index contributed by atoms with van der Waals surface area (Å²) in [6.45, 7) is 2.22. The molecule has 1 aromatic rings. The maximum Gasteiger partial charge on any atom is 0.254 e. The molecule has 2 N–H and O–H groups in total. The minimum absolute atomic E-state index is 0.0891. The summed E-state index contributed by atoms with van der Waals surface area (Å²) in [6.07, 6.45) is 0.769. The van der Waals surface area contributed by atoms with Crippen LogP contribution in [-0.2, 0) is 9.47 Å². The van der Waals surface area contributed by atoms with E-state index in [0.29, 0.717) is 43.3 Å². The summed E-state index contributed by atoms with van der Waals surface area (Å²) in [7, 11) is 4.80. The Morgan fingerprint density at radius 1 is 1.10 bits per heavy atom. The number of rotatable bonds is 9. The zero-order chi connectivity index (χ0) is 15.7. The molecule has 0 aliphatic rings. The van der Waals surface area contributed by atoms with E-state index in [1.807, 2.05) is 0 Å². The van der Waals surface area contributed by atoms with E-state index in [2.05, 4.69) is 0 Å². The molecule has 21 heavy (non-hydrogen) atoms. The number of carbonyl (C=O) groups is 1. The lowest BCUT2D eigenvalue weighted by molar-refractivity contribution is 0.0674. The van der Waals surface area contributed by atoms with Gasteiger partial charge in [-0.2, -0.15) is 0 Å². The molecule has 1 rings (SSSR count). The molecule has 0 aliphatic heterocycles. The zero-order valence-corrected chi connectivity index (χ0v) is 12.9.